The van der Waals surface area contributed by atoms with Crippen LogP contribution in [0.3, 0.4) is 0 Å². The van der Waals surface area contributed by atoms with Crippen LogP contribution in [0.25, 0.3) is 0 Å². The van der Waals surface area contributed by atoms with Crippen molar-refractivity contribution in [1.29, 1.82) is 0 Å². The quantitative estimate of drug-likeness (QED) is 0.828. The molecule has 2 aromatic carbocycles. The summed E-state index contributed by atoms with van der Waals surface area (Å²) in [6, 6.07) is 15.1. The Labute approximate surface area is 158 Å². The normalized spacial score (nSPS) is 22.9. The Bertz CT molecular complexity index is 846. The van der Waals surface area contributed by atoms with E-state index in [2.05, 4.69) is 4.90 Å². The Hall–Kier alpha value is -2.66. The highest BCUT2D eigenvalue weighted by Crippen LogP contribution is 2.35. The molecule has 5 nitrogen and oxygen atoms in total. The SMILES string of the molecule is CC1CN(COc2ccc(C3CC(=O)c4ccccc4O3)cc2)CCC1=O. The fourth-order valence-corrected chi connectivity index (χ4v) is 3.62. The molecule has 0 aromatic heterocycles. The summed E-state index contributed by atoms with van der Waals surface area (Å²) in [6.07, 6.45) is 0.671. The second-order valence-corrected chi connectivity index (χ2v) is 7.27. The number of likely N-dealkylation sites (tertiary alicyclic amines) is 1. The Morgan fingerprint density at radius 2 is 1.89 bits per heavy atom. The molecule has 2 atom stereocenters. The van der Waals surface area contributed by atoms with Crippen molar-refractivity contribution in [3.05, 3.63) is 59.7 Å². The number of benzene rings is 2. The van der Waals surface area contributed by atoms with Crippen LogP contribution in [0.2, 0.25) is 0 Å². The van der Waals surface area contributed by atoms with Gasteiger partial charge in [-0.3, -0.25) is 14.5 Å². The van der Waals surface area contributed by atoms with Crippen molar-refractivity contribution >= 4 is 11.6 Å². The molecule has 5 heteroatoms. The Balaban J connectivity index is 1.37. The van der Waals surface area contributed by atoms with Crippen molar-refractivity contribution in [2.45, 2.75) is 25.9 Å². The third kappa shape index (κ3) is 3.88. The zero-order valence-corrected chi connectivity index (χ0v) is 15.4. The monoisotopic (exact) mass is 365 g/mol. The van der Waals surface area contributed by atoms with Crippen LogP contribution in [0, 0.1) is 5.92 Å². The van der Waals surface area contributed by atoms with Gasteiger partial charge in [0.25, 0.3) is 0 Å². The lowest BCUT2D eigenvalue weighted by atomic mass is 9.96. The molecule has 0 bridgehead atoms. The molecular weight excluding hydrogens is 342 g/mol. The van der Waals surface area contributed by atoms with Crippen molar-refractivity contribution in [1.82, 2.24) is 4.90 Å². The maximum Gasteiger partial charge on any atom is 0.170 e. The summed E-state index contributed by atoms with van der Waals surface area (Å²) >= 11 is 0. The van der Waals surface area contributed by atoms with E-state index in [0.717, 1.165) is 24.4 Å². The van der Waals surface area contributed by atoms with E-state index in [0.29, 0.717) is 36.7 Å². The van der Waals surface area contributed by atoms with Gasteiger partial charge < -0.3 is 9.47 Å². The van der Waals surface area contributed by atoms with Gasteiger partial charge >= 0.3 is 0 Å². The molecule has 2 heterocycles. The zero-order chi connectivity index (χ0) is 18.8. The van der Waals surface area contributed by atoms with Gasteiger partial charge in [-0.15, -0.1) is 0 Å². The average Bonchev–Trinajstić information content (AvgIpc) is 2.69. The average molecular weight is 365 g/mol. The largest absolute Gasteiger partial charge is 0.484 e. The predicted molar refractivity (Wildman–Crippen MR) is 101 cm³/mol. The molecule has 0 amide bonds. The van der Waals surface area contributed by atoms with E-state index in [1.54, 1.807) is 6.07 Å². The van der Waals surface area contributed by atoms with E-state index in [1.165, 1.54) is 0 Å². The van der Waals surface area contributed by atoms with E-state index in [-0.39, 0.29) is 17.8 Å². The van der Waals surface area contributed by atoms with E-state index in [9.17, 15) is 9.59 Å². The van der Waals surface area contributed by atoms with Crippen LogP contribution >= 0.6 is 0 Å². The van der Waals surface area contributed by atoms with Crippen LogP contribution in [-0.4, -0.2) is 36.3 Å². The molecule has 1 saturated heterocycles. The molecule has 2 unspecified atom stereocenters. The smallest absolute Gasteiger partial charge is 0.170 e. The van der Waals surface area contributed by atoms with Crippen LogP contribution in [0.1, 0.15) is 41.8 Å². The van der Waals surface area contributed by atoms with Crippen LogP contribution < -0.4 is 9.47 Å². The zero-order valence-electron chi connectivity index (χ0n) is 15.4. The summed E-state index contributed by atoms with van der Waals surface area (Å²) in [4.78, 5) is 26.1. The molecule has 2 aromatic rings. The molecule has 140 valence electrons. The number of fused-ring (bicyclic) bond motifs is 1. The molecule has 2 aliphatic rings. The van der Waals surface area contributed by atoms with E-state index in [4.69, 9.17) is 9.47 Å². The van der Waals surface area contributed by atoms with Crippen LogP contribution in [0.5, 0.6) is 11.5 Å². The van der Waals surface area contributed by atoms with Crippen molar-refractivity contribution in [3.8, 4) is 11.5 Å². The predicted octanol–water partition coefficient (Wildman–Crippen LogP) is 3.64. The van der Waals surface area contributed by atoms with Gasteiger partial charge in [0.1, 0.15) is 30.1 Å². The summed E-state index contributed by atoms with van der Waals surface area (Å²) in [5.74, 6) is 1.93. The van der Waals surface area contributed by atoms with Crippen molar-refractivity contribution < 1.29 is 19.1 Å². The Kier molecular flexibility index (Phi) is 4.94. The van der Waals surface area contributed by atoms with Gasteiger partial charge in [-0.05, 0) is 29.8 Å². The molecule has 0 N–H and O–H groups in total. The summed E-state index contributed by atoms with van der Waals surface area (Å²) in [5, 5.41) is 0. The van der Waals surface area contributed by atoms with E-state index < -0.39 is 0 Å². The second-order valence-electron chi connectivity index (χ2n) is 7.27. The number of Topliss-reactive ketones (excluding diaryl/α,β-unsaturated/α-hetero) is 2. The molecule has 0 saturated carbocycles. The first-order valence-corrected chi connectivity index (χ1v) is 9.37. The maximum absolute atomic E-state index is 12.3. The fraction of sp³-hybridized carbons (Fsp3) is 0.364. The summed E-state index contributed by atoms with van der Waals surface area (Å²) < 4.78 is 11.9. The fourth-order valence-electron chi connectivity index (χ4n) is 3.62. The minimum atomic E-state index is -0.268. The maximum atomic E-state index is 12.3. The number of hydrogen-bond acceptors (Lipinski definition) is 5. The third-order valence-electron chi connectivity index (χ3n) is 5.25. The van der Waals surface area contributed by atoms with Crippen molar-refractivity contribution in [2.24, 2.45) is 5.92 Å². The lowest BCUT2D eigenvalue weighted by molar-refractivity contribution is -0.126. The van der Waals surface area contributed by atoms with Gasteiger partial charge in [0.2, 0.25) is 0 Å². The lowest BCUT2D eigenvalue weighted by Crippen LogP contribution is -2.41. The Morgan fingerprint density at radius 3 is 2.67 bits per heavy atom. The second kappa shape index (κ2) is 7.53. The molecule has 2 aliphatic heterocycles. The number of rotatable bonds is 4. The van der Waals surface area contributed by atoms with Crippen molar-refractivity contribution in [3.63, 3.8) is 0 Å². The topological polar surface area (TPSA) is 55.8 Å². The number of hydrogen-bond donors (Lipinski definition) is 0. The van der Waals surface area contributed by atoms with Crippen LogP contribution in [0.4, 0.5) is 0 Å². The summed E-state index contributed by atoms with van der Waals surface area (Å²) in [7, 11) is 0. The minimum absolute atomic E-state index is 0.0774. The van der Waals surface area contributed by atoms with Gasteiger partial charge in [-0.2, -0.15) is 0 Å². The minimum Gasteiger partial charge on any atom is -0.484 e. The van der Waals surface area contributed by atoms with Gasteiger partial charge in [-0.1, -0.05) is 31.2 Å². The van der Waals surface area contributed by atoms with E-state index >= 15 is 0 Å². The highest BCUT2D eigenvalue weighted by Gasteiger charge is 2.27. The van der Waals surface area contributed by atoms with Crippen molar-refractivity contribution in [2.75, 3.05) is 19.8 Å². The molecule has 0 aliphatic carbocycles. The first kappa shape index (κ1) is 17.7. The summed E-state index contributed by atoms with van der Waals surface area (Å²) in [6.45, 7) is 3.93. The number of piperidine rings is 1. The number of para-hydroxylation sites is 1. The molecule has 4 rings (SSSR count). The van der Waals surface area contributed by atoms with Crippen LogP contribution in [-0.2, 0) is 4.79 Å². The van der Waals surface area contributed by atoms with Gasteiger partial charge in [0.05, 0.1) is 12.0 Å². The number of carbonyl (C=O) groups excluding carboxylic acids is 2. The molecule has 0 spiro atoms. The highest BCUT2D eigenvalue weighted by atomic mass is 16.5. The first-order chi connectivity index (χ1) is 13.1. The number of carbonyl (C=O) groups is 2. The Morgan fingerprint density at radius 1 is 1.11 bits per heavy atom. The molecule has 1 fully saturated rings. The number of ether oxygens (including phenoxy) is 2. The lowest BCUT2D eigenvalue weighted by Gasteiger charge is -2.29. The van der Waals surface area contributed by atoms with E-state index in [1.807, 2.05) is 49.4 Å². The standard InChI is InChI=1S/C22H23NO4/c1-15-13-23(11-10-19(15)24)14-26-17-8-6-16(7-9-17)22-12-20(25)18-4-2-3-5-21(18)27-22/h2-9,15,22H,10-14H2,1H3. The van der Waals surface area contributed by atoms with Gasteiger partial charge in [0.15, 0.2) is 5.78 Å². The van der Waals surface area contributed by atoms with Gasteiger partial charge in [-0.25, -0.2) is 0 Å². The van der Waals surface area contributed by atoms with Crippen LogP contribution in [0.15, 0.2) is 48.5 Å². The molecule has 27 heavy (non-hydrogen) atoms. The summed E-state index contributed by atoms with van der Waals surface area (Å²) in [5.41, 5.74) is 1.62. The number of nitrogens with zero attached hydrogens (tertiary/aromatic N) is 1. The third-order valence-corrected chi connectivity index (χ3v) is 5.25. The highest BCUT2D eigenvalue weighted by molar-refractivity contribution is 5.99. The molecule has 0 radical (unpaired) electrons. The number of ketones is 2. The van der Waals surface area contributed by atoms with Gasteiger partial charge in [0, 0.05) is 25.4 Å². The first-order valence-electron chi connectivity index (χ1n) is 9.37. The molecular formula is C22H23NO4.